The van der Waals surface area contributed by atoms with Crippen molar-refractivity contribution in [2.75, 3.05) is 20.3 Å². The first-order chi connectivity index (χ1) is 7.54. The second-order valence-corrected chi connectivity index (χ2v) is 4.83. The van der Waals surface area contributed by atoms with Crippen molar-refractivity contribution in [3.05, 3.63) is 0 Å². The molecule has 0 spiro atoms. The van der Waals surface area contributed by atoms with Gasteiger partial charge in [-0.1, -0.05) is 13.8 Å². The number of hydrogen-bond donors (Lipinski definition) is 1. The van der Waals surface area contributed by atoms with E-state index in [1.807, 2.05) is 6.92 Å². The van der Waals surface area contributed by atoms with Crippen LogP contribution < -0.4 is 5.32 Å². The molecular formula is C12H23NO3. The lowest BCUT2D eigenvalue weighted by Crippen LogP contribution is -2.64. The highest BCUT2D eigenvalue weighted by atomic mass is 16.5. The fourth-order valence-electron chi connectivity index (χ4n) is 2.05. The minimum absolute atomic E-state index is 0.163. The molecule has 0 aromatic rings. The van der Waals surface area contributed by atoms with Crippen LogP contribution >= 0.6 is 0 Å². The summed E-state index contributed by atoms with van der Waals surface area (Å²) in [6.45, 7) is 7.74. The van der Waals surface area contributed by atoms with Crippen molar-refractivity contribution in [1.29, 1.82) is 0 Å². The molecule has 1 saturated carbocycles. The predicted octanol–water partition coefficient (Wildman–Crippen LogP) is 1.34. The Kier molecular flexibility index (Phi) is 4.74. The molecule has 0 bridgehead atoms. The van der Waals surface area contributed by atoms with E-state index in [0.29, 0.717) is 12.5 Å². The van der Waals surface area contributed by atoms with Gasteiger partial charge in [0.2, 0.25) is 0 Å². The van der Waals surface area contributed by atoms with Crippen LogP contribution in [-0.2, 0) is 14.3 Å². The van der Waals surface area contributed by atoms with Crippen LogP contribution in [-0.4, -0.2) is 37.9 Å². The molecule has 0 amide bonds. The first-order valence-corrected chi connectivity index (χ1v) is 5.99. The third-order valence-corrected chi connectivity index (χ3v) is 2.98. The van der Waals surface area contributed by atoms with E-state index in [1.165, 1.54) is 7.11 Å². The Morgan fingerprint density at radius 2 is 2.12 bits per heavy atom. The van der Waals surface area contributed by atoms with E-state index < -0.39 is 5.54 Å². The van der Waals surface area contributed by atoms with Crippen molar-refractivity contribution >= 4 is 5.97 Å². The number of ether oxygens (including phenoxy) is 2. The molecule has 4 nitrogen and oxygen atoms in total. The number of carbonyl (C=O) groups is 1. The van der Waals surface area contributed by atoms with E-state index in [1.54, 1.807) is 0 Å². The molecule has 0 saturated heterocycles. The minimum atomic E-state index is -0.501. The normalized spacial score (nSPS) is 28.9. The Balaban J connectivity index is 2.50. The Labute approximate surface area is 97.7 Å². The van der Waals surface area contributed by atoms with E-state index in [-0.39, 0.29) is 12.1 Å². The molecule has 0 aliphatic heterocycles. The summed E-state index contributed by atoms with van der Waals surface area (Å²) >= 11 is 0. The number of hydrogen-bond acceptors (Lipinski definition) is 4. The molecule has 16 heavy (non-hydrogen) atoms. The molecule has 0 unspecified atom stereocenters. The molecule has 4 heteroatoms. The van der Waals surface area contributed by atoms with E-state index in [4.69, 9.17) is 9.47 Å². The second kappa shape index (κ2) is 5.64. The summed E-state index contributed by atoms with van der Waals surface area (Å²) in [6, 6.07) is 0. The standard InChI is InChI=1S/C12H23NO3/c1-5-16-10-6-12(7-10,11(14)15-4)13-8-9(2)3/h9-10,13H,5-8H2,1-4H3. The average Bonchev–Trinajstić information content (AvgIpc) is 2.20. The van der Waals surface area contributed by atoms with Gasteiger partial charge in [-0.15, -0.1) is 0 Å². The van der Waals surface area contributed by atoms with Crippen LogP contribution in [0.1, 0.15) is 33.6 Å². The fraction of sp³-hybridized carbons (Fsp3) is 0.917. The summed E-state index contributed by atoms with van der Waals surface area (Å²) < 4.78 is 10.3. The number of rotatable bonds is 6. The number of esters is 1. The van der Waals surface area contributed by atoms with Crippen molar-refractivity contribution in [1.82, 2.24) is 5.32 Å². The van der Waals surface area contributed by atoms with Gasteiger partial charge in [0.05, 0.1) is 13.2 Å². The lowest BCUT2D eigenvalue weighted by molar-refractivity contribution is -0.161. The zero-order chi connectivity index (χ0) is 12.2. The summed E-state index contributed by atoms with van der Waals surface area (Å²) in [4.78, 5) is 11.7. The monoisotopic (exact) mass is 229 g/mol. The number of carbonyl (C=O) groups excluding carboxylic acids is 1. The van der Waals surface area contributed by atoms with E-state index in [2.05, 4.69) is 19.2 Å². The van der Waals surface area contributed by atoms with E-state index in [0.717, 1.165) is 19.4 Å². The van der Waals surface area contributed by atoms with Gasteiger partial charge in [-0.3, -0.25) is 4.79 Å². The molecular weight excluding hydrogens is 206 g/mol. The molecule has 0 aromatic carbocycles. The van der Waals surface area contributed by atoms with Crippen LogP contribution in [0.25, 0.3) is 0 Å². The number of nitrogens with one attached hydrogen (secondary N) is 1. The number of methoxy groups -OCH3 is 1. The van der Waals surface area contributed by atoms with Crippen LogP contribution in [0, 0.1) is 5.92 Å². The van der Waals surface area contributed by atoms with Gasteiger partial charge >= 0.3 is 5.97 Å². The highest BCUT2D eigenvalue weighted by molar-refractivity contribution is 5.82. The van der Waals surface area contributed by atoms with Gasteiger partial charge in [0.15, 0.2) is 0 Å². The highest BCUT2D eigenvalue weighted by Gasteiger charge is 2.51. The van der Waals surface area contributed by atoms with Crippen LogP contribution in [0.3, 0.4) is 0 Å². The Morgan fingerprint density at radius 1 is 1.50 bits per heavy atom. The molecule has 1 N–H and O–H groups in total. The molecule has 94 valence electrons. The molecule has 0 aromatic heterocycles. The van der Waals surface area contributed by atoms with Crippen LogP contribution in [0.4, 0.5) is 0 Å². The molecule has 1 rings (SSSR count). The zero-order valence-corrected chi connectivity index (χ0v) is 10.7. The Bertz CT molecular complexity index is 234. The zero-order valence-electron chi connectivity index (χ0n) is 10.7. The maximum absolute atomic E-state index is 11.7. The first kappa shape index (κ1) is 13.5. The fourth-order valence-corrected chi connectivity index (χ4v) is 2.05. The van der Waals surface area contributed by atoms with Crippen molar-refractivity contribution in [2.24, 2.45) is 5.92 Å². The largest absolute Gasteiger partial charge is 0.468 e. The maximum atomic E-state index is 11.7. The van der Waals surface area contributed by atoms with Gasteiger partial charge < -0.3 is 14.8 Å². The van der Waals surface area contributed by atoms with E-state index in [9.17, 15) is 4.79 Å². The van der Waals surface area contributed by atoms with Crippen molar-refractivity contribution < 1.29 is 14.3 Å². The first-order valence-electron chi connectivity index (χ1n) is 5.99. The molecule has 0 radical (unpaired) electrons. The lowest BCUT2D eigenvalue weighted by Gasteiger charge is -2.45. The second-order valence-electron chi connectivity index (χ2n) is 4.83. The van der Waals surface area contributed by atoms with E-state index >= 15 is 0 Å². The van der Waals surface area contributed by atoms with Crippen LogP contribution in [0.15, 0.2) is 0 Å². The van der Waals surface area contributed by atoms with Crippen molar-refractivity contribution in [3.8, 4) is 0 Å². The van der Waals surface area contributed by atoms with Crippen LogP contribution in [0.5, 0.6) is 0 Å². The third-order valence-electron chi connectivity index (χ3n) is 2.98. The van der Waals surface area contributed by atoms with Gasteiger partial charge in [0.25, 0.3) is 0 Å². The quantitative estimate of drug-likeness (QED) is 0.698. The Morgan fingerprint density at radius 3 is 2.56 bits per heavy atom. The smallest absolute Gasteiger partial charge is 0.326 e. The predicted molar refractivity (Wildman–Crippen MR) is 62.2 cm³/mol. The highest BCUT2D eigenvalue weighted by Crippen LogP contribution is 2.35. The van der Waals surface area contributed by atoms with Gasteiger partial charge in [-0.2, -0.15) is 0 Å². The summed E-state index contributed by atoms with van der Waals surface area (Å²) in [6.07, 6.45) is 1.64. The van der Waals surface area contributed by atoms with Crippen LogP contribution in [0.2, 0.25) is 0 Å². The van der Waals surface area contributed by atoms with Gasteiger partial charge in [-0.05, 0) is 19.4 Å². The lowest BCUT2D eigenvalue weighted by atomic mass is 9.74. The summed E-state index contributed by atoms with van der Waals surface area (Å²) in [5.74, 6) is 0.358. The molecule has 0 heterocycles. The molecule has 1 aliphatic carbocycles. The summed E-state index contributed by atoms with van der Waals surface area (Å²) in [7, 11) is 1.44. The SMILES string of the molecule is CCOC1CC(NCC(C)C)(C(=O)OC)C1. The summed E-state index contributed by atoms with van der Waals surface area (Å²) in [5.41, 5.74) is -0.501. The van der Waals surface area contributed by atoms with Gasteiger partial charge in [0.1, 0.15) is 5.54 Å². The summed E-state index contributed by atoms with van der Waals surface area (Å²) in [5, 5.41) is 3.32. The molecule has 0 atom stereocenters. The molecule has 1 fully saturated rings. The average molecular weight is 229 g/mol. The maximum Gasteiger partial charge on any atom is 0.326 e. The third kappa shape index (κ3) is 2.95. The van der Waals surface area contributed by atoms with Gasteiger partial charge in [0, 0.05) is 19.4 Å². The topological polar surface area (TPSA) is 47.6 Å². The van der Waals surface area contributed by atoms with Crippen molar-refractivity contribution in [2.45, 2.75) is 45.3 Å². The van der Waals surface area contributed by atoms with Gasteiger partial charge in [-0.25, -0.2) is 0 Å². The van der Waals surface area contributed by atoms with Crippen molar-refractivity contribution in [3.63, 3.8) is 0 Å². The minimum Gasteiger partial charge on any atom is -0.468 e. The molecule has 1 aliphatic rings. The Hall–Kier alpha value is -0.610.